The summed E-state index contributed by atoms with van der Waals surface area (Å²) in [6, 6.07) is 13.2. The van der Waals surface area contributed by atoms with Crippen LogP contribution in [0.15, 0.2) is 66.2 Å². The molecule has 0 bridgehead atoms. The molecule has 2 N–H and O–H groups in total. The summed E-state index contributed by atoms with van der Waals surface area (Å²) in [7, 11) is 1.57. The molecule has 1 aliphatic rings. The Hall–Kier alpha value is -4.27. The highest BCUT2D eigenvalue weighted by atomic mass is 16.5. The molecule has 0 radical (unpaired) electrons. The summed E-state index contributed by atoms with van der Waals surface area (Å²) in [4.78, 5) is 31.4. The molecule has 0 spiro atoms. The minimum atomic E-state index is -0.254. The van der Waals surface area contributed by atoms with Crippen molar-refractivity contribution in [2.75, 3.05) is 19.0 Å². The van der Waals surface area contributed by atoms with Crippen molar-refractivity contribution in [3.63, 3.8) is 0 Å². The smallest absolute Gasteiger partial charge is 0.257 e. The Morgan fingerprint density at radius 1 is 1.24 bits per heavy atom. The second-order valence-electron chi connectivity index (χ2n) is 7.80. The first-order chi connectivity index (χ1) is 16.2. The van der Waals surface area contributed by atoms with Gasteiger partial charge in [-0.15, -0.1) is 0 Å². The number of carbonyl (C=O) groups excluding carboxylic acids is 1. The lowest BCUT2D eigenvalue weighted by atomic mass is 10.1. The number of amides is 1. The second-order valence-corrected chi connectivity index (χ2v) is 7.80. The third-order valence-electron chi connectivity index (χ3n) is 5.79. The molecule has 2 heterocycles. The molecule has 0 aliphatic heterocycles. The number of aromatic nitrogens is 3. The van der Waals surface area contributed by atoms with Gasteiger partial charge < -0.3 is 15.4 Å². The van der Waals surface area contributed by atoms with Gasteiger partial charge in [-0.3, -0.25) is 14.2 Å². The Balaban J connectivity index is 1.47. The van der Waals surface area contributed by atoms with Gasteiger partial charge in [0.2, 0.25) is 0 Å². The lowest BCUT2D eigenvalue weighted by Crippen LogP contribution is -2.24. The Morgan fingerprint density at radius 3 is 2.88 bits per heavy atom. The van der Waals surface area contributed by atoms with E-state index in [1.165, 1.54) is 0 Å². The lowest BCUT2D eigenvalue weighted by Gasteiger charge is -2.11. The zero-order valence-electron chi connectivity index (χ0n) is 18.0. The normalized spacial score (nSPS) is 14.6. The van der Waals surface area contributed by atoms with Crippen LogP contribution in [0.5, 0.6) is 5.75 Å². The highest BCUT2D eigenvalue weighted by molar-refractivity contribution is 5.80. The van der Waals surface area contributed by atoms with E-state index in [2.05, 4.69) is 26.9 Å². The number of hydrogen-bond donors (Lipinski definition) is 2. The van der Waals surface area contributed by atoms with Crippen molar-refractivity contribution in [2.45, 2.75) is 18.9 Å². The number of carbonyl (C=O) groups is 1. The third kappa shape index (κ3) is 4.00. The molecular weight excluding hydrogens is 420 g/mol. The number of aryl methyl sites for hydroxylation is 1. The van der Waals surface area contributed by atoms with Crippen LogP contribution in [0.3, 0.4) is 0 Å². The largest absolute Gasteiger partial charge is 0.484 e. The van der Waals surface area contributed by atoms with E-state index in [1.807, 2.05) is 47.0 Å². The molecule has 1 amide bonds. The number of benzene rings is 2. The quantitative estimate of drug-likeness (QED) is 0.418. The maximum absolute atomic E-state index is 11.4. The average molecular weight is 442 g/mol. The van der Waals surface area contributed by atoms with Gasteiger partial charge in [-0.05, 0) is 60.4 Å². The fourth-order valence-corrected chi connectivity index (χ4v) is 4.08. The molecule has 2 aromatic heterocycles. The van der Waals surface area contributed by atoms with Crippen LogP contribution in [0.25, 0.3) is 16.9 Å². The van der Waals surface area contributed by atoms with Gasteiger partial charge in [-0.2, -0.15) is 4.91 Å². The van der Waals surface area contributed by atoms with Crippen LogP contribution < -0.4 is 15.4 Å². The first-order valence-corrected chi connectivity index (χ1v) is 10.6. The Bertz CT molecular complexity index is 1330. The summed E-state index contributed by atoms with van der Waals surface area (Å²) in [6.07, 6.45) is 6.86. The van der Waals surface area contributed by atoms with E-state index < -0.39 is 0 Å². The molecule has 33 heavy (non-hydrogen) atoms. The number of nitroso groups, excluding NO2 is 1. The van der Waals surface area contributed by atoms with Gasteiger partial charge in [0.05, 0.1) is 6.20 Å². The minimum absolute atomic E-state index is 0.0402. The average Bonchev–Trinajstić information content (AvgIpc) is 3.44. The van der Waals surface area contributed by atoms with Crippen LogP contribution in [-0.4, -0.2) is 33.9 Å². The van der Waals surface area contributed by atoms with Gasteiger partial charge in [-0.1, -0.05) is 11.2 Å². The van der Waals surface area contributed by atoms with Crippen LogP contribution in [0.1, 0.15) is 23.6 Å². The highest BCUT2D eigenvalue weighted by Crippen LogP contribution is 2.37. The molecule has 0 saturated carbocycles. The van der Waals surface area contributed by atoms with Gasteiger partial charge in [0.1, 0.15) is 23.3 Å². The van der Waals surface area contributed by atoms with Crippen LogP contribution in [-0.2, 0) is 11.2 Å². The van der Waals surface area contributed by atoms with E-state index >= 15 is 0 Å². The van der Waals surface area contributed by atoms with Crippen molar-refractivity contribution in [3.05, 3.63) is 77.1 Å². The Morgan fingerprint density at radius 2 is 2.09 bits per heavy atom. The van der Waals surface area contributed by atoms with E-state index in [4.69, 9.17) is 9.72 Å². The SMILES string of the molecule is CNC(=O)COc1ccc(-c2nc3cnccn3c2Nc2ccc3c(c2)CCC3N=O)cc1. The standard InChI is InChI=1S/C24H22N6O3/c1-25-22(31)14-33-18-6-2-15(3-7-18)23-24(30-11-10-26-13-21(30)28-23)27-17-5-8-19-16(12-17)4-9-20(19)29-32/h2-3,5-8,10-13,20,27H,4,9,14H2,1H3,(H,25,31). The summed E-state index contributed by atoms with van der Waals surface area (Å²) in [5, 5.41) is 9.27. The predicted molar refractivity (Wildman–Crippen MR) is 125 cm³/mol. The number of anilines is 2. The molecule has 1 unspecified atom stereocenters. The van der Waals surface area contributed by atoms with Crippen LogP contribution in [0.4, 0.5) is 11.5 Å². The van der Waals surface area contributed by atoms with Gasteiger partial charge in [0.25, 0.3) is 5.91 Å². The molecule has 0 fully saturated rings. The summed E-state index contributed by atoms with van der Waals surface area (Å²) in [6.45, 7) is -0.0402. The molecule has 1 aliphatic carbocycles. The van der Waals surface area contributed by atoms with Crippen molar-refractivity contribution in [1.29, 1.82) is 0 Å². The van der Waals surface area contributed by atoms with Crippen molar-refractivity contribution in [3.8, 4) is 17.0 Å². The highest BCUT2D eigenvalue weighted by Gasteiger charge is 2.23. The zero-order chi connectivity index (χ0) is 22.8. The van der Waals surface area contributed by atoms with E-state index in [1.54, 1.807) is 19.4 Å². The molecule has 1 atom stereocenters. The van der Waals surface area contributed by atoms with Crippen LogP contribution in [0.2, 0.25) is 0 Å². The molecule has 166 valence electrons. The number of hydrogen-bond acceptors (Lipinski definition) is 7. The molecule has 9 heteroatoms. The number of fused-ring (bicyclic) bond motifs is 2. The number of imidazole rings is 1. The fourth-order valence-electron chi connectivity index (χ4n) is 4.08. The van der Waals surface area contributed by atoms with Gasteiger partial charge >= 0.3 is 0 Å². The molecule has 0 saturated heterocycles. The number of nitrogens with zero attached hydrogens (tertiary/aromatic N) is 4. The van der Waals surface area contributed by atoms with Crippen molar-refractivity contribution in [1.82, 2.24) is 19.7 Å². The second kappa shape index (κ2) is 8.70. The first kappa shape index (κ1) is 20.6. The van der Waals surface area contributed by atoms with Gasteiger partial charge in [0.15, 0.2) is 12.3 Å². The summed E-state index contributed by atoms with van der Waals surface area (Å²) >= 11 is 0. The molecule has 4 aromatic rings. The van der Waals surface area contributed by atoms with Gasteiger partial charge in [-0.25, -0.2) is 4.98 Å². The summed E-state index contributed by atoms with van der Waals surface area (Å²) < 4.78 is 7.45. The van der Waals surface area contributed by atoms with Crippen LogP contribution in [0, 0.1) is 4.91 Å². The molecule has 2 aromatic carbocycles. The van der Waals surface area contributed by atoms with E-state index in [9.17, 15) is 9.70 Å². The van der Waals surface area contributed by atoms with Crippen molar-refractivity contribution < 1.29 is 9.53 Å². The summed E-state index contributed by atoms with van der Waals surface area (Å²) in [5.41, 5.74) is 5.41. The molecular formula is C24H22N6O3. The van der Waals surface area contributed by atoms with Gasteiger partial charge in [0, 0.05) is 30.7 Å². The fraction of sp³-hybridized carbons (Fsp3) is 0.208. The Labute approximate surface area is 189 Å². The number of rotatable bonds is 7. The van der Waals surface area contributed by atoms with E-state index in [0.717, 1.165) is 46.7 Å². The van der Waals surface area contributed by atoms with Crippen molar-refractivity contribution in [2.24, 2.45) is 5.18 Å². The number of ether oxygens (including phenoxy) is 1. The third-order valence-corrected chi connectivity index (χ3v) is 5.79. The topological polar surface area (TPSA) is 110 Å². The Kier molecular flexibility index (Phi) is 5.43. The maximum atomic E-state index is 11.4. The maximum Gasteiger partial charge on any atom is 0.257 e. The molecule has 9 nitrogen and oxygen atoms in total. The monoisotopic (exact) mass is 442 g/mol. The van der Waals surface area contributed by atoms with Crippen LogP contribution >= 0.6 is 0 Å². The molecule has 5 rings (SSSR count). The minimum Gasteiger partial charge on any atom is -0.484 e. The zero-order valence-corrected chi connectivity index (χ0v) is 18.0. The number of likely N-dealkylation sites (N-methyl/N-ethyl adjacent to an activating group) is 1. The van der Waals surface area contributed by atoms with Crippen molar-refractivity contribution >= 4 is 23.1 Å². The summed E-state index contributed by atoms with van der Waals surface area (Å²) in [5.74, 6) is 1.21. The lowest BCUT2D eigenvalue weighted by molar-refractivity contribution is -0.122. The predicted octanol–water partition coefficient (Wildman–Crippen LogP) is 4.02. The van der Waals surface area contributed by atoms with E-state index in [-0.39, 0.29) is 18.6 Å². The van der Waals surface area contributed by atoms with E-state index in [0.29, 0.717) is 11.4 Å². The number of nitrogens with one attached hydrogen (secondary N) is 2. The first-order valence-electron chi connectivity index (χ1n) is 10.6.